The Kier molecular flexibility index (Phi) is 46.1. The summed E-state index contributed by atoms with van der Waals surface area (Å²) in [6.45, 7) is 4.67. The number of phosphoric ester groups is 1. The smallest absolute Gasteiger partial charge is 0.387 e. The summed E-state index contributed by atoms with van der Waals surface area (Å²) in [5, 5.41) is 13.9. The molecule has 0 rings (SSSR count). The van der Waals surface area contributed by atoms with Crippen LogP contribution in [-0.4, -0.2) is 73.4 Å². The number of nitrogens with zero attached hydrogens (tertiary/aromatic N) is 1. The number of aliphatic hydroxyl groups excluding tert-OH is 1. The molecule has 0 saturated heterocycles. The standard InChI is InChI=1S/C57H103N2O6P/c1-6-8-10-12-14-16-18-20-22-24-26-28-29-31-32-34-36-38-40-42-44-46-48-50-56(60)55(54-65-66(62,63)64-53-52-59(3,4)5)58-57(61)51-49-47-45-43-41-39-37-35-33-30-27-25-23-21-19-17-15-13-11-9-7-2/h9,11,15,17,21,23,27,30,32,34,40,42,48,50,55-56,60H,6-8,10,12-14,16,18-20,22,24-26,28-29,31,33,35-39,41,43-47,49,51-54H2,1-5H3,(H-,58,61,62,63)/p+1/b11-9-,17-15-,23-21-,30-27-,34-32+,42-40+,50-48+. The number of carbonyl (C=O) groups excluding carboxylic acids is 1. The molecular formula is C57H104N2O6P+. The van der Waals surface area contributed by atoms with Crippen LogP contribution in [0.1, 0.15) is 219 Å². The Morgan fingerprint density at radius 2 is 0.924 bits per heavy atom. The predicted octanol–water partition coefficient (Wildman–Crippen LogP) is 16.1. The second-order valence-corrected chi connectivity index (χ2v) is 20.7. The van der Waals surface area contributed by atoms with E-state index in [4.69, 9.17) is 9.05 Å². The number of allylic oxidation sites excluding steroid dienone is 13. The van der Waals surface area contributed by atoms with Crippen LogP contribution in [0.15, 0.2) is 85.1 Å². The van der Waals surface area contributed by atoms with Gasteiger partial charge in [-0.2, -0.15) is 0 Å². The van der Waals surface area contributed by atoms with E-state index in [1.165, 1.54) is 116 Å². The number of unbranched alkanes of at least 4 members (excludes halogenated alkanes) is 23. The van der Waals surface area contributed by atoms with Gasteiger partial charge in [0.15, 0.2) is 0 Å². The third kappa shape index (κ3) is 49.6. The summed E-state index contributed by atoms with van der Waals surface area (Å²) < 4.78 is 23.6. The third-order valence-electron chi connectivity index (χ3n) is 11.6. The molecule has 0 aliphatic carbocycles. The highest BCUT2D eigenvalue weighted by Crippen LogP contribution is 2.43. The molecule has 0 aromatic heterocycles. The van der Waals surface area contributed by atoms with Gasteiger partial charge in [0.1, 0.15) is 13.2 Å². The number of rotatable bonds is 48. The SMILES string of the molecule is CC/C=C\C/C=C\C/C=C\C/C=C\CCCCCCCCCCC(=O)NC(COP(=O)(O)OCC[N+](C)(C)C)C(O)/C=C/CC/C=C/CC/C=C/CCCCCCCCCCCCCCC. The molecule has 382 valence electrons. The second kappa shape index (κ2) is 47.7. The van der Waals surface area contributed by atoms with Crippen LogP contribution in [-0.2, 0) is 18.4 Å². The molecule has 0 aliphatic rings. The van der Waals surface area contributed by atoms with Crippen molar-refractivity contribution in [2.45, 2.75) is 231 Å². The minimum absolute atomic E-state index is 0.0477. The Balaban J connectivity index is 4.38. The van der Waals surface area contributed by atoms with Crippen LogP contribution in [0.5, 0.6) is 0 Å². The van der Waals surface area contributed by atoms with Gasteiger partial charge < -0.3 is 19.8 Å². The average molecular weight is 944 g/mol. The Morgan fingerprint density at radius 3 is 1.39 bits per heavy atom. The zero-order valence-electron chi connectivity index (χ0n) is 43.4. The third-order valence-corrected chi connectivity index (χ3v) is 12.6. The molecule has 0 bridgehead atoms. The van der Waals surface area contributed by atoms with Crippen molar-refractivity contribution in [1.82, 2.24) is 5.32 Å². The van der Waals surface area contributed by atoms with Gasteiger partial charge in [0.2, 0.25) is 5.91 Å². The van der Waals surface area contributed by atoms with Crippen LogP contribution in [0.25, 0.3) is 0 Å². The molecule has 3 atom stereocenters. The lowest BCUT2D eigenvalue weighted by Gasteiger charge is -2.25. The maximum atomic E-state index is 12.9. The number of phosphoric acid groups is 1. The first-order valence-electron chi connectivity index (χ1n) is 27.0. The zero-order chi connectivity index (χ0) is 48.5. The molecule has 9 heteroatoms. The summed E-state index contributed by atoms with van der Waals surface area (Å²) in [6.07, 6.45) is 66.7. The van der Waals surface area contributed by atoms with Crippen molar-refractivity contribution in [3.63, 3.8) is 0 Å². The number of hydrogen-bond acceptors (Lipinski definition) is 5. The molecule has 8 nitrogen and oxygen atoms in total. The first kappa shape index (κ1) is 63.7. The van der Waals surface area contributed by atoms with E-state index in [1.54, 1.807) is 6.08 Å². The van der Waals surface area contributed by atoms with Gasteiger partial charge in [0.05, 0.1) is 39.9 Å². The summed E-state index contributed by atoms with van der Waals surface area (Å²) in [6, 6.07) is -0.880. The van der Waals surface area contributed by atoms with Gasteiger partial charge in [-0.3, -0.25) is 13.8 Å². The van der Waals surface area contributed by atoms with Crippen molar-refractivity contribution >= 4 is 13.7 Å². The van der Waals surface area contributed by atoms with E-state index in [0.717, 1.165) is 83.5 Å². The van der Waals surface area contributed by atoms with E-state index in [0.29, 0.717) is 17.4 Å². The highest BCUT2D eigenvalue weighted by atomic mass is 31.2. The molecular weight excluding hydrogens is 840 g/mol. The lowest BCUT2D eigenvalue weighted by Crippen LogP contribution is -2.45. The molecule has 0 aromatic rings. The van der Waals surface area contributed by atoms with Crippen molar-refractivity contribution < 1.29 is 32.9 Å². The van der Waals surface area contributed by atoms with Crippen LogP contribution in [0.4, 0.5) is 0 Å². The monoisotopic (exact) mass is 944 g/mol. The van der Waals surface area contributed by atoms with Crippen LogP contribution >= 0.6 is 7.82 Å². The van der Waals surface area contributed by atoms with Crippen molar-refractivity contribution in [3.8, 4) is 0 Å². The fourth-order valence-electron chi connectivity index (χ4n) is 7.36. The molecule has 1 amide bonds. The summed E-state index contributed by atoms with van der Waals surface area (Å²) in [5.41, 5.74) is 0. The first-order valence-corrected chi connectivity index (χ1v) is 28.5. The van der Waals surface area contributed by atoms with E-state index >= 15 is 0 Å². The van der Waals surface area contributed by atoms with Gasteiger partial charge in [-0.05, 0) is 83.5 Å². The van der Waals surface area contributed by atoms with E-state index in [9.17, 15) is 19.4 Å². The molecule has 3 N–H and O–H groups in total. The van der Waals surface area contributed by atoms with E-state index in [1.807, 2.05) is 27.2 Å². The van der Waals surface area contributed by atoms with Crippen LogP contribution in [0.3, 0.4) is 0 Å². The van der Waals surface area contributed by atoms with Crippen molar-refractivity contribution in [3.05, 3.63) is 85.1 Å². The quantitative estimate of drug-likeness (QED) is 0.0243. The molecule has 0 aliphatic heterocycles. The minimum Gasteiger partial charge on any atom is -0.387 e. The molecule has 0 saturated carbocycles. The Hall–Kier alpha value is -2.32. The van der Waals surface area contributed by atoms with Gasteiger partial charge in [0, 0.05) is 6.42 Å². The summed E-state index contributed by atoms with van der Waals surface area (Å²) in [5.74, 6) is -0.202. The number of amides is 1. The van der Waals surface area contributed by atoms with Crippen LogP contribution in [0.2, 0.25) is 0 Å². The van der Waals surface area contributed by atoms with Gasteiger partial charge in [-0.25, -0.2) is 4.57 Å². The number of hydrogen-bond donors (Lipinski definition) is 3. The molecule has 0 fully saturated rings. The number of likely N-dealkylation sites (N-methyl/N-ethyl adjacent to an activating group) is 1. The molecule has 0 aromatic carbocycles. The fraction of sp³-hybridized carbons (Fsp3) is 0.737. The number of aliphatic hydroxyl groups is 1. The van der Waals surface area contributed by atoms with Gasteiger partial charge in [0.25, 0.3) is 0 Å². The van der Waals surface area contributed by atoms with Crippen molar-refractivity contribution in [1.29, 1.82) is 0 Å². The summed E-state index contributed by atoms with van der Waals surface area (Å²) >= 11 is 0. The Morgan fingerprint density at radius 1 is 0.530 bits per heavy atom. The topological polar surface area (TPSA) is 105 Å². The Labute approximate surface area is 407 Å². The lowest BCUT2D eigenvalue weighted by molar-refractivity contribution is -0.870. The average Bonchev–Trinajstić information content (AvgIpc) is 3.28. The molecule has 66 heavy (non-hydrogen) atoms. The zero-order valence-corrected chi connectivity index (χ0v) is 44.3. The van der Waals surface area contributed by atoms with Crippen LogP contribution in [0, 0.1) is 0 Å². The highest BCUT2D eigenvalue weighted by Gasteiger charge is 2.27. The molecule has 0 heterocycles. The lowest BCUT2D eigenvalue weighted by atomic mass is 10.0. The first-order chi connectivity index (χ1) is 32.0. The van der Waals surface area contributed by atoms with E-state index in [-0.39, 0.29) is 19.1 Å². The summed E-state index contributed by atoms with van der Waals surface area (Å²) in [4.78, 5) is 23.3. The maximum absolute atomic E-state index is 12.9. The van der Waals surface area contributed by atoms with Gasteiger partial charge in [-0.1, -0.05) is 214 Å². The number of quaternary nitrogens is 1. The van der Waals surface area contributed by atoms with Crippen molar-refractivity contribution in [2.75, 3.05) is 40.9 Å². The Bertz CT molecular complexity index is 1350. The van der Waals surface area contributed by atoms with Crippen LogP contribution < -0.4 is 5.32 Å². The second-order valence-electron chi connectivity index (χ2n) is 19.2. The van der Waals surface area contributed by atoms with Gasteiger partial charge >= 0.3 is 7.82 Å². The maximum Gasteiger partial charge on any atom is 0.472 e. The minimum atomic E-state index is -4.36. The molecule has 3 unspecified atom stereocenters. The van der Waals surface area contributed by atoms with E-state index < -0.39 is 20.0 Å². The number of carbonyl (C=O) groups is 1. The highest BCUT2D eigenvalue weighted by molar-refractivity contribution is 7.47. The van der Waals surface area contributed by atoms with Gasteiger partial charge in [-0.15, -0.1) is 0 Å². The largest absolute Gasteiger partial charge is 0.472 e. The predicted molar refractivity (Wildman–Crippen MR) is 286 cm³/mol. The molecule has 0 radical (unpaired) electrons. The van der Waals surface area contributed by atoms with Crippen molar-refractivity contribution in [2.24, 2.45) is 0 Å². The fourth-order valence-corrected chi connectivity index (χ4v) is 8.09. The molecule has 0 spiro atoms. The summed E-state index contributed by atoms with van der Waals surface area (Å²) in [7, 11) is 1.53. The van der Waals surface area contributed by atoms with E-state index in [2.05, 4.69) is 92.1 Å². The number of nitrogens with one attached hydrogen (secondary N) is 1. The normalized spacial score (nSPS) is 14.7.